The van der Waals surface area contributed by atoms with Crippen molar-refractivity contribution in [3.05, 3.63) is 118 Å². The largest absolute Gasteiger partial charge is 0.370 e. The maximum atomic E-state index is 13.9. The molecule has 0 saturated heterocycles. The molecule has 2 N–H and O–H groups in total. The molecule has 0 bridgehead atoms. The fraction of sp³-hybridized carbons (Fsp3) is 0.0769. The van der Waals surface area contributed by atoms with Crippen LogP contribution in [0.2, 0.25) is 5.15 Å². The minimum atomic E-state index is -0.625. The number of hydrogen-bond donors (Lipinski definition) is 2. The molecule has 0 aliphatic carbocycles. The van der Waals surface area contributed by atoms with Crippen molar-refractivity contribution >= 4 is 34.7 Å². The molecule has 7 heteroatoms. The molecule has 1 unspecified atom stereocenters. The Morgan fingerprint density at radius 3 is 2.45 bits per heavy atom. The Balaban J connectivity index is 1.40. The zero-order valence-electron chi connectivity index (χ0n) is 17.4. The number of anilines is 2. The van der Waals surface area contributed by atoms with Crippen molar-refractivity contribution in [3.8, 4) is 0 Å². The molecule has 2 heterocycles. The molecule has 0 radical (unpaired) electrons. The molecule has 1 atom stereocenters. The van der Waals surface area contributed by atoms with Gasteiger partial charge < -0.3 is 15.2 Å². The summed E-state index contributed by atoms with van der Waals surface area (Å²) in [6.07, 6.45) is 0. The second-order valence-electron chi connectivity index (χ2n) is 7.78. The Bertz CT molecular complexity index is 1360. The number of ketones is 1. The molecule has 1 aliphatic rings. The van der Waals surface area contributed by atoms with Crippen LogP contribution in [0.3, 0.4) is 0 Å². The summed E-state index contributed by atoms with van der Waals surface area (Å²) in [4.78, 5) is 25.8. The van der Waals surface area contributed by atoms with Gasteiger partial charge >= 0.3 is 0 Å². The Morgan fingerprint density at radius 1 is 0.939 bits per heavy atom. The van der Waals surface area contributed by atoms with E-state index in [2.05, 4.69) is 10.6 Å². The maximum absolute atomic E-state index is 13.9. The Hall–Kier alpha value is -3.90. The van der Waals surface area contributed by atoms with Crippen LogP contribution < -0.4 is 10.6 Å². The lowest BCUT2D eigenvalue weighted by Crippen LogP contribution is -2.22. The van der Waals surface area contributed by atoms with Crippen LogP contribution in [0.4, 0.5) is 15.8 Å². The van der Waals surface area contributed by atoms with Gasteiger partial charge in [-0.2, -0.15) is 0 Å². The third kappa shape index (κ3) is 4.01. The van der Waals surface area contributed by atoms with E-state index < -0.39 is 17.8 Å². The van der Waals surface area contributed by atoms with Crippen LogP contribution in [0.15, 0.2) is 84.9 Å². The second kappa shape index (κ2) is 8.56. The van der Waals surface area contributed by atoms with Gasteiger partial charge in [0.15, 0.2) is 5.78 Å². The molecule has 5 nitrogen and oxygen atoms in total. The third-order valence-electron chi connectivity index (χ3n) is 5.71. The van der Waals surface area contributed by atoms with Crippen LogP contribution in [0.25, 0.3) is 0 Å². The van der Waals surface area contributed by atoms with Gasteiger partial charge in [-0.15, -0.1) is 0 Å². The highest BCUT2D eigenvalue weighted by molar-refractivity contribution is 6.29. The number of fused-ring (bicyclic) bond motifs is 2. The standard InChI is InChI=1S/C26H19ClFN3O2/c27-23-14-13-22-24(30-21-8-4-1-5-17(21)15-31(22)23)25(32)16-9-11-18(12-10-16)29-26(33)19-6-2-3-7-20(19)28/h1-14,24,30H,15H2,(H,29,33). The van der Waals surface area contributed by atoms with Gasteiger partial charge in [0, 0.05) is 22.6 Å². The highest BCUT2D eigenvalue weighted by atomic mass is 35.5. The highest BCUT2D eigenvalue weighted by Crippen LogP contribution is 2.33. The Morgan fingerprint density at radius 2 is 1.67 bits per heavy atom. The molecule has 1 aliphatic heterocycles. The number of Topliss-reactive ketones (excluding diaryl/α,β-unsaturated/α-hetero) is 1. The molecular weight excluding hydrogens is 441 g/mol. The van der Waals surface area contributed by atoms with E-state index in [4.69, 9.17) is 11.6 Å². The molecular formula is C26H19ClFN3O2. The molecule has 0 spiro atoms. The third-order valence-corrected chi connectivity index (χ3v) is 6.04. The number of hydrogen-bond acceptors (Lipinski definition) is 3. The van der Waals surface area contributed by atoms with Crippen LogP contribution in [0, 0.1) is 5.82 Å². The van der Waals surface area contributed by atoms with Crippen LogP contribution >= 0.6 is 11.6 Å². The zero-order chi connectivity index (χ0) is 22.9. The average Bonchev–Trinajstić information content (AvgIpc) is 3.09. The summed E-state index contributed by atoms with van der Waals surface area (Å²) in [5, 5.41) is 6.58. The maximum Gasteiger partial charge on any atom is 0.258 e. The number of benzene rings is 3. The average molecular weight is 460 g/mol. The number of carbonyl (C=O) groups is 2. The first-order valence-electron chi connectivity index (χ1n) is 10.4. The van der Waals surface area contributed by atoms with E-state index in [0.29, 0.717) is 22.9 Å². The van der Waals surface area contributed by atoms with Gasteiger partial charge in [-0.1, -0.05) is 41.9 Å². The number of halogens is 2. The van der Waals surface area contributed by atoms with Gasteiger partial charge in [0.1, 0.15) is 17.0 Å². The molecule has 0 saturated carbocycles. The van der Waals surface area contributed by atoms with Gasteiger partial charge in [-0.05, 0) is 60.2 Å². The number of nitrogens with zero attached hydrogens (tertiary/aromatic N) is 1. The number of nitrogens with one attached hydrogen (secondary N) is 2. The van der Waals surface area contributed by atoms with Gasteiger partial charge in [0.25, 0.3) is 5.91 Å². The first-order chi connectivity index (χ1) is 16.0. The van der Waals surface area contributed by atoms with E-state index in [0.717, 1.165) is 16.9 Å². The summed E-state index contributed by atoms with van der Waals surface area (Å²) < 4.78 is 15.8. The number of para-hydroxylation sites is 1. The lowest BCUT2D eigenvalue weighted by molar-refractivity contribution is 0.0966. The van der Waals surface area contributed by atoms with Crippen LogP contribution in [0.5, 0.6) is 0 Å². The molecule has 0 fully saturated rings. The monoisotopic (exact) mass is 459 g/mol. The van der Waals surface area contributed by atoms with E-state index in [1.165, 1.54) is 18.2 Å². The van der Waals surface area contributed by atoms with E-state index >= 15 is 0 Å². The van der Waals surface area contributed by atoms with Crippen molar-refractivity contribution in [2.24, 2.45) is 0 Å². The summed E-state index contributed by atoms with van der Waals surface area (Å²) >= 11 is 6.40. The van der Waals surface area contributed by atoms with Crippen molar-refractivity contribution < 1.29 is 14.0 Å². The number of amides is 1. The zero-order valence-corrected chi connectivity index (χ0v) is 18.1. The summed E-state index contributed by atoms with van der Waals surface area (Å²) in [5.41, 5.74) is 3.59. The first-order valence-corrected chi connectivity index (χ1v) is 10.8. The molecule has 5 rings (SSSR count). The quantitative estimate of drug-likeness (QED) is 0.372. The van der Waals surface area contributed by atoms with Crippen molar-refractivity contribution in [1.82, 2.24) is 4.57 Å². The number of carbonyl (C=O) groups excluding carboxylic acids is 2. The normalized spacial score (nSPS) is 14.4. The lowest BCUT2D eigenvalue weighted by Gasteiger charge is -2.18. The Labute approximate surface area is 194 Å². The highest BCUT2D eigenvalue weighted by Gasteiger charge is 2.29. The fourth-order valence-electron chi connectivity index (χ4n) is 4.00. The number of rotatable bonds is 4. The van der Waals surface area contributed by atoms with Gasteiger partial charge in [-0.25, -0.2) is 4.39 Å². The van der Waals surface area contributed by atoms with Crippen molar-refractivity contribution in [3.63, 3.8) is 0 Å². The second-order valence-corrected chi connectivity index (χ2v) is 8.16. The van der Waals surface area contributed by atoms with Crippen molar-refractivity contribution in [2.75, 3.05) is 10.6 Å². The molecule has 3 aromatic carbocycles. The van der Waals surface area contributed by atoms with Gasteiger partial charge in [0.05, 0.1) is 12.1 Å². The van der Waals surface area contributed by atoms with Crippen LogP contribution in [-0.4, -0.2) is 16.3 Å². The van der Waals surface area contributed by atoms with Crippen molar-refractivity contribution in [1.29, 1.82) is 0 Å². The SMILES string of the molecule is O=C(Nc1ccc(C(=O)C2Nc3ccccc3Cn3c(Cl)ccc32)cc1)c1ccccc1F. The van der Waals surface area contributed by atoms with Crippen LogP contribution in [-0.2, 0) is 6.54 Å². The minimum absolute atomic E-state index is 0.0448. The summed E-state index contributed by atoms with van der Waals surface area (Å²) in [6, 6.07) is 23.1. The topological polar surface area (TPSA) is 63.1 Å². The first kappa shape index (κ1) is 21.0. The smallest absolute Gasteiger partial charge is 0.258 e. The molecule has 1 amide bonds. The predicted octanol–water partition coefficient (Wildman–Crippen LogP) is 5.93. The summed E-state index contributed by atoms with van der Waals surface area (Å²) in [6.45, 7) is 0.565. The van der Waals surface area contributed by atoms with E-state index in [1.54, 1.807) is 36.4 Å². The van der Waals surface area contributed by atoms with E-state index in [9.17, 15) is 14.0 Å². The number of aromatic nitrogens is 1. The molecule has 33 heavy (non-hydrogen) atoms. The summed E-state index contributed by atoms with van der Waals surface area (Å²) in [5.74, 6) is -1.28. The van der Waals surface area contributed by atoms with Crippen LogP contribution in [0.1, 0.15) is 38.0 Å². The summed E-state index contributed by atoms with van der Waals surface area (Å²) in [7, 11) is 0. The Kier molecular flexibility index (Phi) is 5.44. The van der Waals surface area contributed by atoms with E-state index in [1.807, 2.05) is 34.9 Å². The van der Waals surface area contributed by atoms with Gasteiger partial charge in [-0.3, -0.25) is 9.59 Å². The molecule has 164 valence electrons. The minimum Gasteiger partial charge on any atom is -0.370 e. The lowest BCUT2D eigenvalue weighted by atomic mass is 10.0. The predicted molar refractivity (Wildman–Crippen MR) is 126 cm³/mol. The van der Waals surface area contributed by atoms with Crippen molar-refractivity contribution in [2.45, 2.75) is 12.6 Å². The van der Waals surface area contributed by atoms with E-state index in [-0.39, 0.29) is 11.3 Å². The fourth-order valence-corrected chi connectivity index (χ4v) is 4.22. The molecule has 1 aromatic heterocycles. The molecule has 4 aromatic rings. The van der Waals surface area contributed by atoms with Gasteiger partial charge in [0.2, 0.25) is 0 Å².